The second kappa shape index (κ2) is 9.32. The van der Waals surface area contributed by atoms with Gasteiger partial charge in [-0.1, -0.05) is 23.9 Å². The fourth-order valence-electron chi connectivity index (χ4n) is 2.56. The average Bonchev–Trinajstić information content (AvgIpc) is 3.28. The van der Waals surface area contributed by atoms with Crippen molar-refractivity contribution in [3.8, 4) is 22.9 Å². The molecule has 0 bridgehead atoms. The molecule has 8 nitrogen and oxygen atoms in total. The number of amides is 1. The summed E-state index contributed by atoms with van der Waals surface area (Å²) >= 11 is 1.33. The van der Waals surface area contributed by atoms with Gasteiger partial charge in [0.15, 0.2) is 22.5 Å². The van der Waals surface area contributed by atoms with Gasteiger partial charge in [-0.3, -0.25) is 4.79 Å². The zero-order valence-corrected chi connectivity index (χ0v) is 16.8. The SMILES string of the molecule is COc1ccccc1OCCNC(=O)CSc1nnc(-c2ccoc2C)n1C. The molecule has 3 rings (SSSR count). The Balaban J connectivity index is 1.44. The molecular formula is C19H22N4O4S. The van der Waals surface area contributed by atoms with Crippen LogP contribution in [0.3, 0.4) is 0 Å². The molecule has 1 amide bonds. The van der Waals surface area contributed by atoms with Gasteiger partial charge in [0.2, 0.25) is 5.91 Å². The molecule has 148 valence electrons. The summed E-state index contributed by atoms with van der Waals surface area (Å²) in [4.78, 5) is 12.1. The topological polar surface area (TPSA) is 91.4 Å². The van der Waals surface area contributed by atoms with Crippen LogP contribution in [0.5, 0.6) is 11.5 Å². The van der Waals surface area contributed by atoms with Gasteiger partial charge in [-0.05, 0) is 25.1 Å². The Morgan fingerprint density at radius 1 is 1.25 bits per heavy atom. The van der Waals surface area contributed by atoms with Gasteiger partial charge in [-0.15, -0.1) is 10.2 Å². The zero-order valence-electron chi connectivity index (χ0n) is 16.0. The molecule has 28 heavy (non-hydrogen) atoms. The van der Waals surface area contributed by atoms with E-state index in [1.54, 1.807) is 13.4 Å². The fourth-order valence-corrected chi connectivity index (χ4v) is 3.30. The van der Waals surface area contributed by atoms with Crippen molar-refractivity contribution in [2.24, 2.45) is 7.05 Å². The van der Waals surface area contributed by atoms with Crippen LogP contribution in [0, 0.1) is 6.92 Å². The van der Waals surface area contributed by atoms with Crippen molar-refractivity contribution >= 4 is 17.7 Å². The van der Waals surface area contributed by atoms with Crippen molar-refractivity contribution < 1.29 is 18.7 Å². The molecule has 0 saturated carbocycles. The average molecular weight is 402 g/mol. The Morgan fingerprint density at radius 2 is 2.04 bits per heavy atom. The van der Waals surface area contributed by atoms with Crippen LogP contribution < -0.4 is 14.8 Å². The summed E-state index contributed by atoms with van der Waals surface area (Å²) in [5, 5.41) is 11.8. The first-order valence-corrected chi connectivity index (χ1v) is 9.68. The molecule has 0 atom stereocenters. The number of thioether (sulfide) groups is 1. The third kappa shape index (κ3) is 4.66. The zero-order chi connectivity index (χ0) is 19.9. The molecule has 3 aromatic rings. The molecule has 0 unspecified atom stereocenters. The van der Waals surface area contributed by atoms with Crippen LogP contribution in [0.25, 0.3) is 11.4 Å². The fraction of sp³-hybridized carbons (Fsp3) is 0.316. The molecule has 2 aromatic heterocycles. The summed E-state index contributed by atoms with van der Waals surface area (Å²) in [6, 6.07) is 9.24. The van der Waals surface area contributed by atoms with Crippen LogP contribution in [0.1, 0.15) is 5.76 Å². The van der Waals surface area contributed by atoms with Crippen molar-refractivity contribution in [1.82, 2.24) is 20.1 Å². The first-order chi connectivity index (χ1) is 13.6. The molecule has 2 heterocycles. The molecule has 0 spiro atoms. The normalized spacial score (nSPS) is 10.7. The van der Waals surface area contributed by atoms with Crippen molar-refractivity contribution in [3.05, 3.63) is 42.4 Å². The number of aromatic nitrogens is 3. The van der Waals surface area contributed by atoms with E-state index in [2.05, 4.69) is 15.5 Å². The second-order valence-corrected chi connectivity index (χ2v) is 6.84. The van der Waals surface area contributed by atoms with Crippen LogP contribution >= 0.6 is 11.8 Å². The number of furan rings is 1. The van der Waals surface area contributed by atoms with Crippen LogP contribution in [0.15, 0.2) is 46.2 Å². The maximum Gasteiger partial charge on any atom is 0.230 e. The van der Waals surface area contributed by atoms with E-state index in [9.17, 15) is 4.79 Å². The number of carbonyl (C=O) groups is 1. The number of aryl methyl sites for hydroxylation is 1. The van der Waals surface area contributed by atoms with Crippen molar-refractivity contribution in [2.75, 3.05) is 26.0 Å². The first kappa shape index (κ1) is 19.8. The lowest BCUT2D eigenvalue weighted by atomic mass is 10.2. The van der Waals surface area contributed by atoms with E-state index in [-0.39, 0.29) is 11.7 Å². The number of hydrogen-bond donors (Lipinski definition) is 1. The Bertz CT molecular complexity index is 938. The number of nitrogens with one attached hydrogen (secondary N) is 1. The predicted octanol–water partition coefficient (Wildman–Crippen LogP) is 2.68. The van der Waals surface area contributed by atoms with E-state index < -0.39 is 0 Å². The highest BCUT2D eigenvalue weighted by molar-refractivity contribution is 7.99. The third-order valence-electron chi connectivity index (χ3n) is 4.02. The first-order valence-electron chi connectivity index (χ1n) is 8.69. The number of benzene rings is 1. The summed E-state index contributed by atoms with van der Waals surface area (Å²) < 4.78 is 18.0. The van der Waals surface area contributed by atoms with Crippen LogP contribution in [-0.4, -0.2) is 46.7 Å². The molecule has 0 aliphatic rings. The van der Waals surface area contributed by atoms with Gasteiger partial charge in [0.25, 0.3) is 0 Å². The van der Waals surface area contributed by atoms with E-state index in [1.807, 2.05) is 48.9 Å². The highest BCUT2D eigenvalue weighted by Gasteiger charge is 2.15. The second-order valence-electron chi connectivity index (χ2n) is 5.89. The van der Waals surface area contributed by atoms with Crippen molar-refractivity contribution in [3.63, 3.8) is 0 Å². The number of rotatable bonds is 9. The highest BCUT2D eigenvalue weighted by atomic mass is 32.2. The standard InChI is InChI=1S/C19H22N4O4S/c1-13-14(8-10-26-13)18-21-22-19(23(18)2)28-12-17(24)20-9-11-27-16-7-5-4-6-15(16)25-3/h4-8,10H,9,11-12H2,1-3H3,(H,20,24). The van der Waals surface area contributed by atoms with Gasteiger partial charge in [0, 0.05) is 7.05 Å². The lowest BCUT2D eigenvalue weighted by Crippen LogP contribution is -2.29. The molecule has 1 aromatic carbocycles. The van der Waals surface area contributed by atoms with E-state index in [1.165, 1.54) is 11.8 Å². The summed E-state index contributed by atoms with van der Waals surface area (Å²) in [6.45, 7) is 2.62. The van der Waals surface area contributed by atoms with Gasteiger partial charge < -0.3 is 23.8 Å². The largest absolute Gasteiger partial charge is 0.493 e. The number of para-hydroxylation sites is 2. The predicted molar refractivity (Wildman–Crippen MR) is 106 cm³/mol. The number of hydrogen-bond acceptors (Lipinski definition) is 7. The molecule has 0 radical (unpaired) electrons. The van der Waals surface area contributed by atoms with Gasteiger partial charge in [-0.25, -0.2) is 0 Å². The molecular weight excluding hydrogens is 380 g/mol. The molecule has 9 heteroatoms. The highest BCUT2D eigenvalue weighted by Crippen LogP contribution is 2.26. The van der Waals surface area contributed by atoms with E-state index >= 15 is 0 Å². The summed E-state index contributed by atoms with van der Waals surface area (Å²) in [6.07, 6.45) is 1.62. The number of methoxy groups -OCH3 is 1. The smallest absolute Gasteiger partial charge is 0.230 e. The van der Waals surface area contributed by atoms with E-state index in [0.717, 1.165) is 11.3 Å². The van der Waals surface area contributed by atoms with Crippen LogP contribution in [-0.2, 0) is 11.8 Å². The summed E-state index contributed by atoms with van der Waals surface area (Å²) in [5.74, 6) is 2.94. The molecule has 0 aliphatic carbocycles. The Labute approximate surface area is 167 Å². The van der Waals surface area contributed by atoms with Crippen LogP contribution in [0.2, 0.25) is 0 Å². The lowest BCUT2D eigenvalue weighted by molar-refractivity contribution is -0.118. The minimum atomic E-state index is -0.0994. The summed E-state index contributed by atoms with van der Waals surface area (Å²) in [7, 11) is 3.45. The number of ether oxygens (including phenoxy) is 2. The van der Waals surface area contributed by atoms with E-state index in [0.29, 0.717) is 35.6 Å². The Kier molecular flexibility index (Phi) is 6.59. The molecule has 1 N–H and O–H groups in total. The number of carbonyl (C=O) groups excluding carboxylic acids is 1. The minimum Gasteiger partial charge on any atom is -0.493 e. The van der Waals surface area contributed by atoms with Gasteiger partial charge in [-0.2, -0.15) is 0 Å². The maximum atomic E-state index is 12.1. The van der Waals surface area contributed by atoms with E-state index in [4.69, 9.17) is 13.9 Å². The van der Waals surface area contributed by atoms with Crippen molar-refractivity contribution in [2.45, 2.75) is 12.1 Å². The maximum absolute atomic E-state index is 12.1. The number of nitrogens with zero attached hydrogens (tertiary/aromatic N) is 3. The summed E-state index contributed by atoms with van der Waals surface area (Å²) in [5.41, 5.74) is 0.889. The van der Waals surface area contributed by atoms with Crippen LogP contribution in [0.4, 0.5) is 0 Å². The van der Waals surface area contributed by atoms with Gasteiger partial charge >= 0.3 is 0 Å². The Morgan fingerprint density at radius 3 is 2.75 bits per heavy atom. The lowest BCUT2D eigenvalue weighted by Gasteiger charge is -2.10. The Hall–Kier alpha value is -2.94. The molecule has 0 fully saturated rings. The third-order valence-corrected chi connectivity index (χ3v) is 5.04. The van der Waals surface area contributed by atoms with Gasteiger partial charge in [0.05, 0.1) is 31.2 Å². The molecule has 0 saturated heterocycles. The minimum absolute atomic E-state index is 0.0994. The molecule has 0 aliphatic heterocycles. The quantitative estimate of drug-likeness (QED) is 0.435. The van der Waals surface area contributed by atoms with Crippen molar-refractivity contribution in [1.29, 1.82) is 0 Å². The van der Waals surface area contributed by atoms with Gasteiger partial charge in [0.1, 0.15) is 12.4 Å². The monoisotopic (exact) mass is 402 g/mol.